The lowest BCUT2D eigenvalue weighted by atomic mass is 10.1. The highest BCUT2D eigenvalue weighted by molar-refractivity contribution is 7.99. The van der Waals surface area contributed by atoms with Gasteiger partial charge < -0.3 is 5.32 Å². The van der Waals surface area contributed by atoms with Gasteiger partial charge in [0.05, 0.1) is 6.42 Å². The molecule has 1 aromatic carbocycles. The molecule has 1 N–H and O–H groups in total. The van der Waals surface area contributed by atoms with Crippen molar-refractivity contribution in [3.63, 3.8) is 0 Å². The Morgan fingerprint density at radius 3 is 2.82 bits per heavy atom. The third kappa shape index (κ3) is 4.60. The number of hydrogen-bond acceptors (Lipinski definition) is 4. The number of nitrogens with one attached hydrogen (secondary N) is 1. The fourth-order valence-corrected chi connectivity index (χ4v) is 4.20. The SMILES string of the molecule is O=C(Cc1ccsc1)Nc1cccc(CN2CCSCC2)c1. The lowest BCUT2D eigenvalue weighted by Gasteiger charge is -2.26. The first-order valence-corrected chi connectivity index (χ1v) is 9.59. The van der Waals surface area contributed by atoms with Crippen LogP contribution < -0.4 is 5.32 Å². The number of amides is 1. The van der Waals surface area contributed by atoms with E-state index in [2.05, 4.69) is 22.3 Å². The minimum atomic E-state index is 0.0462. The van der Waals surface area contributed by atoms with Crippen molar-refractivity contribution in [2.24, 2.45) is 0 Å². The summed E-state index contributed by atoms with van der Waals surface area (Å²) >= 11 is 3.65. The Morgan fingerprint density at radius 2 is 2.05 bits per heavy atom. The predicted molar refractivity (Wildman–Crippen MR) is 95.7 cm³/mol. The van der Waals surface area contributed by atoms with E-state index in [0.29, 0.717) is 6.42 Å². The number of rotatable bonds is 5. The van der Waals surface area contributed by atoms with Crippen LogP contribution in [0.2, 0.25) is 0 Å². The quantitative estimate of drug-likeness (QED) is 0.910. The highest BCUT2D eigenvalue weighted by Gasteiger charge is 2.11. The zero-order valence-corrected chi connectivity index (χ0v) is 14.1. The van der Waals surface area contributed by atoms with Crippen LogP contribution in [0.25, 0.3) is 0 Å². The maximum absolute atomic E-state index is 12.1. The molecule has 1 aliphatic rings. The minimum Gasteiger partial charge on any atom is -0.326 e. The van der Waals surface area contributed by atoms with Gasteiger partial charge in [0.15, 0.2) is 0 Å². The molecular weight excluding hydrogens is 312 g/mol. The van der Waals surface area contributed by atoms with Gasteiger partial charge in [0.1, 0.15) is 0 Å². The van der Waals surface area contributed by atoms with E-state index in [0.717, 1.165) is 30.9 Å². The van der Waals surface area contributed by atoms with Crippen molar-refractivity contribution in [2.75, 3.05) is 29.9 Å². The first-order valence-electron chi connectivity index (χ1n) is 7.49. The molecule has 1 aromatic heterocycles. The maximum Gasteiger partial charge on any atom is 0.228 e. The minimum absolute atomic E-state index is 0.0462. The molecule has 1 amide bonds. The van der Waals surface area contributed by atoms with Gasteiger partial charge in [0.25, 0.3) is 0 Å². The number of nitrogens with zero attached hydrogens (tertiary/aromatic N) is 1. The molecule has 1 aliphatic heterocycles. The van der Waals surface area contributed by atoms with E-state index in [9.17, 15) is 4.79 Å². The Kier molecular flexibility index (Phi) is 5.53. The van der Waals surface area contributed by atoms with Crippen LogP contribution in [0, 0.1) is 0 Å². The molecule has 116 valence electrons. The van der Waals surface area contributed by atoms with Gasteiger partial charge in [-0.2, -0.15) is 23.1 Å². The van der Waals surface area contributed by atoms with Crippen molar-refractivity contribution in [2.45, 2.75) is 13.0 Å². The van der Waals surface area contributed by atoms with Gasteiger partial charge >= 0.3 is 0 Å². The van der Waals surface area contributed by atoms with E-state index in [1.165, 1.54) is 17.1 Å². The van der Waals surface area contributed by atoms with Gasteiger partial charge in [-0.15, -0.1) is 0 Å². The van der Waals surface area contributed by atoms with Crippen LogP contribution in [0.4, 0.5) is 5.69 Å². The second-order valence-corrected chi connectivity index (χ2v) is 7.45. The molecule has 3 rings (SSSR count). The topological polar surface area (TPSA) is 32.3 Å². The van der Waals surface area contributed by atoms with Gasteiger partial charge in [-0.25, -0.2) is 0 Å². The zero-order valence-electron chi connectivity index (χ0n) is 12.5. The Labute approximate surface area is 139 Å². The summed E-state index contributed by atoms with van der Waals surface area (Å²) in [6, 6.07) is 10.2. The number of anilines is 1. The van der Waals surface area contributed by atoms with Crippen LogP contribution in [0.1, 0.15) is 11.1 Å². The summed E-state index contributed by atoms with van der Waals surface area (Å²) in [6.45, 7) is 3.27. The number of benzene rings is 1. The van der Waals surface area contributed by atoms with Gasteiger partial charge in [0, 0.05) is 36.8 Å². The van der Waals surface area contributed by atoms with Gasteiger partial charge in [-0.05, 0) is 40.1 Å². The van der Waals surface area contributed by atoms with Crippen molar-refractivity contribution in [1.29, 1.82) is 0 Å². The third-order valence-electron chi connectivity index (χ3n) is 3.67. The van der Waals surface area contributed by atoms with Crippen molar-refractivity contribution >= 4 is 34.7 Å². The van der Waals surface area contributed by atoms with Crippen molar-refractivity contribution in [3.8, 4) is 0 Å². The molecule has 5 heteroatoms. The average Bonchev–Trinajstić information content (AvgIpc) is 3.01. The molecule has 0 aliphatic carbocycles. The summed E-state index contributed by atoms with van der Waals surface area (Å²) in [4.78, 5) is 14.5. The maximum atomic E-state index is 12.1. The molecule has 0 spiro atoms. The largest absolute Gasteiger partial charge is 0.326 e. The van der Waals surface area contributed by atoms with E-state index in [4.69, 9.17) is 0 Å². The molecule has 0 unspecified atom stereocenters. The monoisotopic (exact) mass is 332 g/mol. The summed E-state index contributed by atoms with van der Waals surface area (Å²) in [5.41, 5.74) is 3.23. The molecule has 0 saturated carbocycles. The first-order chi connectivity index (χ1) is 10.8. The fourth-order valence-electron chi connectivity index (χ4n) is 2.55. The summed E-state index contributed by atoms with van der Waals surface area (Å²) < 4.78 is 0. The van der Waals surface area contributed by atoms with Crippen LogP contribution in [0.3, 0.4) is 0 Å². The average molecular weight is 332 g/mol. The summed E-state index contributed by atoms with van der Waals surface area (Å²) in [5, 5.41) is 7.02. The number of carbonyl (C=O) groups excluding carboxylic acids is 1. The summed E-state index contributed by atoms with van der Waals surface area (Å²) in [6.07, 6.45) is 0.442. The number of thiophene rings is 1. The highest BCUT2D eigenvalue weighted by atomic mass is 32.2. The molecule has 1 fully saturated rings. The lowest BCUT2D eigenvalue weighted by molar-refractivity contribution is -0.115. The van der Waals surface area contributed by atoms with E-state index < -0.39 is 0 Å². The molecule has 0 bridgehead atoms. The van der Waals surface area contributed by atoms with Crippen LogP contribution in [-0.2, 0) is 17.8 Å². The van der Waals surface area contributed by atoms with Crippen molar-refractivity contribution in [1.82, 2.24) is 4.90 Å². The standard InChI is InChI=1S/C17H20N2OS2/c20-17(11-15-4-7-22-13-15)18-16-3-1-2-14(10-16)12-19-5-8-21-9-6-19/h1-4,7,10,13H,5-6,8-9,11-12H2,(H,18,20). The summed E-state index contributed by atoms with van der Waals surface area (Å²) in [7, 11) is 0. The molecule has 0 atom stereocenters. The van der Waals surface area contributed by atoms with E-state index in [1.807, 2.05) is 40.7 Å². The van der Waals surface area contributed by atoms with Crippen molar-refractivity contribution < 1.29 is 4.79 Å². The smallest absolute Gasteiger partial charge is 0.228 e. The van der Waals surface area contributed by atoms with E-state index >= 15 is 0 Å². The Hall–Kier alpha value is -1.30. The molecule has 1 saturated heterocycles. The molecule has 0 radical (unpaired) electrons. The zero-order chi connectivity index (χ0) is 15.2. The highest BCUT2D eigenvalue weighted by Crippen LogP contribution is 2.16. The van der Waals surface area contributed by atoms with Crippen LogP contribution in [0.5, 0.6) is 0 Å². The van der Waals surface area contributed by atoms with Gasteiger partial charge in [-0.1, -0.05) is 12.1 Å². The second kappa shape index (κ2) is 7.81. The number of carbonyl (C=O) groups is 1. The second-order valence-electron chi connectivity index (χ2n) is 5.45. The molecule has 2 heterocycles. The van der Waals surface area contributed by atoms with Crippen LogP contribution >= 0.6 is 23.1 Å². The molecule has 22 heavy (non-hydrogen) atoms. The number of thioether (sulfide) groups is 1. The fraction of sp³-hybridized carbons (Fsp3) is 0.353. The van der Waals surface area contributed by atoms with Crippen LogP contribution in [0.15, 0.2) is 41.1 Å². The predicted octanol–water partition coefficient (Wildman–Crippen LogP) is 3.48. The van der Waals surface area contributed by atoms with E-state index in [1.54, 1.807) is 11.3 Å². The lowest BCUT2D eigenvalue weighted by Crippen LogP contribution is -2.31. The normalized spacial score (nSPS) is 15.6. The Morgan fingerprint density at radius 1 is 1.18 bits per heavy atom. The molecule has 3 nitrogen and oxygen atoms in total. The molecule has 2 aromatic rings. The molecular formula is C17H20N2OS2. The first kappa shape index (κ1) is 15.6. The van der Waals surface area contributed by atoms with Gasteiger partial charge in [0.2, 0.25) is 5.91 Å². The Bertz CT molecular complexity index is 607. The Balaban J connectivity index is 1.57. The summed E-state index contributed by atoms with van der Waals surface area (Å²) in [5.74, 6) is 2.48. The van der Waals surface area contributed by atoms with Gasteiger partial charge in [-0.3, -0.25) is 9.69 Å². The van der Waals surface area contributed by atoms with Crippen molar-refractivity contribution in [3.05, 3.63) is 52.2 Å². The number of hydrogen-bond donors (Lipinski definition) is 1. The third-order valence-corrected chi connectivity index (χ3v) is 5.34. The van der Waals surface area contributed by atoms with E-state index in [-0.39, 0.29) is 5.91 Å². The van der Waals surface area contributed by atoms with Crippen LogP contribution in [-0.4, -0.2) is 35.4 Å².